The minimum absolute atomic E-state index is 0.0754. The van der Waals surface area contributed by atoms with Crippen molar-refractivity contribution in [3.63, 3.8) is 0 Å². The van der Waals surface area contributed by atoms with Gasteiger partial charge in [-0.2, -0.15) is 0 Å². The van der Waals surface area contributed by atoms with Crippen molar-refractivity contribution >= 4 is 0 Å². The number of ether oxygens (including phenoxy) is 1. The molecule has 0 aromatic heterocycles. The second-order valence-electron chi connectivity index (χ2n) is 6.16. The van der Waals surface area contributed by atoms with Gasteiger partial charge in [-0.3, -0.25) is 0 Å². The Morgan fingerprint density at radius 2 is 1.77 bits per heavy atom. The van der Waals surface area contributed by atoms with E-state index in [2.05, 4.69) is 48.6 Å². The Hall–Kier alpha value is -1.68. The minimum atomic E-state index is -0.752. The van der Waals surface area contributed by atoms with Crippen molar-refractivity contribution < 1.29 is 9.84 Å². The highest BCUT2D eigenvalue weighted by molar-refractivity contribution is 5.33. The molecule has 0 bridgehead atoms. The maximum absolute atomic E-state index is 10.5. The van der Waals surface area contributed by atoms with Gasteiger partial charge in [-0.15, -0.1) is 0 Å². The van der Waals surface area contributed by atoms with Crippen LogP contribution in [0.2, 0.25) is 0 Å². The van der Waals surface area contributed by atoms with Crippen LogP contribution >= 0.6 is 0 Å². The fourth-order valence-electron chi connectivity index (χ4n) is 2.86. The van der Waals surface area contributed by atoms with Gasteiger partial charge in [0.2, 0.25) is 0 Å². The Balaban J connectivity index is 1.81. The molecule has 2 N–H and O–H groups in total. The SMILES string of the molecule is Cc1ccc([C@H](NC[C@@]2(O)CCOC2)c2ccccc2)cc1. The number of hydrogen-bond acceptors (Lipinski definition) is 3. The number of benzene rings is 2. The van der Waals surface area contributed by atoms with Crippen molar-refractivity contribution in [2.75, 3.05) is 19.8 Å². The molecule has 3 heteroatoms. The zero-order chi connectivity index (χ0) is 15.4. The summed E-state index contributed by atoms with van der Waals surface area (Å²) >= 11 is 0. The van der Waals surface area contributed by atoms with Gasteiger partial charge < -0.3 is 15.2 Å². The molecule has 0 unspecified atom stereocenters. The summed E-state index contributed by atoms with van der Waals surface area (Å²) in [6, 6.07) is 19.0. The standard InChI is InChI=1S/C19H23NO2/c1-15-7-9-17(10-8-15)18(16-5-3-2-4-6-16)20-13-19(21)11-12-22-14-19/h2-10,18,20-21H,11-14H2,1H3/t18-,19+/m1/s1. The molecule has 0 amide bonds. The van der Waals surface area contributed by atoms with Crippen LogP contribution in [-0.4, -0.2) is 30.5 Å². The molecule has 2 aromatic carbocycles. The lowest BCUT2D eigenvalue weighted by Crippen LogP contribution is -2.42. The largest absolute Gasteiger partial charge is 0.386 e. The number of hydrogen-bond donors (Lipinski definition) is 2. The maximum atomic E-state index is 10.5. The predicted molar refractivity (Wildman–Crippen MR) is 87.9 cm³/mol. The second-order valence-corrected chi connectivity index (χ2v) is 6.16. The predicted octanol–water partition coefficient (Wildman–Crippen LogP) is 2.83. The number of nitrogens with one attached hydrogen (secondary N) is 1. The van der Waals surface area contributed by atoms with Crippen LogP contribution in [0.25, 0.3) is 0 Å². The molecule has 3 rings (SSSR count). The minimum Gasteiger partial charge on any atom is -0.386 e. The van der Waals surface area contributed by atoms with Gasteiger partial charge in [0.25, 0.3) is 0 Å². The molecular weight excluding hydrogens is 274 g/mol. The van der Waals surface area contributed by atoms with E-state index >= 15 is 0 Å². The van der Waals surface area contributed by atoms with Crippen molar-refractivity contribution in [3.8, 4) is 0 Å². The maximum Gasteiger partial charge on any atom is 0.103 e. The number of aryl methyl sites for hydroxylation is 1. The normalized spacial score (nSPS) is 22.6. The van der Waals surface area contributed by atoms with E-state index in [0.29, 0.717) is 26.2 Å². The summed E-state index contributed by atoms with van der Waals surface area (Å²) in [5.41, 5.74) is 2.91. The summed E-state index contributed by atoms with van der Waals surface area (Å²) in [6.45, 7) is 3.67. The van der Waals surface area contributed by atoms with Gasteiger partial charge in [-0.05, 0) is 18.1 Å². The van der Waals surface area contributed by atoms with Crippen LogP contribution in [0.5, 0.6) is 0 Å². The highest BCUT2D eigenvalue weighted by Crippen LogP contribution is 2.24. The number of rotatable bonds is 5. The summed E-state index contributed by atoms with van der Waals surface area (Å²) in [7, 11) is 0. The van der Waals surface area contributed by atoms with Crippen LogP contribution in [0, 0.1) is 6.92 Å². The van der Waals surface area contributed by atoms with E-state index in [-0.39, 0.29) is 6.04 Å². The van der Waals surface area contributed by atoms with Crippen LogP contribution in [0.1, 0.15) is 29.2 Å². The van der Waals surface area contributed by atoms with Gasteiger partial charge in [-0.1, -0.05) is 60.2 Å². The average molecular weight is 297 g/mol. The third-order valence-corrected chi connectivity index (χ3v) is 4.26. The van der Waals surface area contributed by atoms with Crippen molar-refractivity contribution in [3.05, 3.63) is 71.3 Å². The van der Waals surface area contributed by atoms with Gasteiger partial charge >= 0.3 is 0 Å². The molecule has 3 nitrogen and oxygen atoms in total. The third kappa shape index (κ3) is 3.55. The van der Waals surface area contributed by atoms with Gasteiger partial charge in [0, 0.05) is 19.6 Å². The van der Waals surface area contributed by atoms with Crippen LogP contribution in [-0.2, 0) is 4.74 Å². The van der Waals surface area contributed by atoms with Crippen molar-refractivity contribution in [2.45, 2.75) is 25.0 Å². The molecule has 1 aliphatic rings. The Kier molecular flexibility index (Phi) is 4.57. The summed E-state index contributed by atoms with van der Waals surface area (Å²) < 4.78 is 5.33. The first-order valence-corrected chi connectivity index (χ1v) is 7.81. The Morgan fingerprint density at radius 3 is 2.41 bits per heavy atom. The lowest BCUT2D eigenvalue weighted by atomic mass is 9.96. The van der Waals surface area contributed by atoms with Gasteiger partial charge in [0.1, 0.15) is 5.60 Å². The first-order chi connectivity index (χ1) is 10.7. The van der Waals surface area contributed by atoms with E-state index in [0.717, 1.165) is 0 Å². The molecular formula is C19H23NO2. The molecule has 1 saturated heterocycles. The molecule has 22 heavy (non-hydrogen) atoms. The van der Waals surface area contributed by atoms with Gasteiger partial charge in [-0.25, -0.2) is 0 Å². The fourth-order valence-corrected chi connectivity index (χ4v) is 2.86. The summed E-state index contributed by atoms with van der Waals surface area (Å²) in [4.78, 5) is 0. The molecule has 0 saturated carbocycles. The van der Waals surface area contributed by atoms with Gasteiger partial charge in [0.15, 0.2) is 0 Å². The van der Waals surface area contributed by atoms with E-state index in [1.807, 2.05) is 18.2 Å². The Bertz CT molecular complexity index is 589. The molecule has 1 aliphatic heterocycles. The van der Waals surface area contributed by atoms with Crippen LogP contribution < -0.4 is 5.32 Å². The highest BCUT2D eigenvalue weighted by atomic mass is 16.5. The fraction of sp³-hybridized carbons (Fsp3) is 0.368. The summed E-state index contributed by atoms with van der Waals surface area (Å²) in [5.74, 6) is 0. The highest BCUT2D eigenvalue weighted by Gasteiger charge is 2.32. The van der Waals surface area contributed by atoms with E-state index in [1.54, 1.807) is 0 Å². The molecule has 116 valence electrons. The molecule has 0 radical (unpaired) electrons. The van der Waals surface area contributed by atoms with E-state index in [4.69, 9.17) is 4.74 Å². The first kappa shape index (κ1) is 15.2. The van der Waals surface area contributed by atoms with Crippen molar-refractivity contribution in [1.82, 2.24) is 5.32 Å². The third-order valence-electron chi connectivity index (χ3n) is 4.26. The van der Waals surface area contributed by atoms with Crippen LogP contribution in [0.4, 0.5) is 0 Å². The monoisotopic (exact) mass is 297 g/mol. The lowest BCUT2D eigenvalue weighted by Gasteiger charge is -2.26. The Labute approximate surface area is 131 Å². The molecule has 0 aliphatic carbocycles. The van der Waals surface area contributed by atoms with Crippen molar-refractivity contribution in [2.24, 2.45) is 0 Å². The molecule has 2 atom stereocenters. The zero-order valence-corrected chi connectivity index (χ0v) is 13.0. The zero-order valence-electron chi connectivity index (χ0n) is 13.0. The van der Waals surface area contributed by atoms with E-state index in [9.17, 15) is 5.11 Å². The number of aliphatic hydroxyl groups is 1. The summed E-state index contributed by atoms with van der Waals surface area (Å²) in [6.07, 6.45) is 0.690. The molecule has 2 aromatic rings. The molecule has 1 fully saturated rings. The van der Waals surface area contributed by atoms with Gasteiger partial charge in [0.05, 0.1) is 12.6 Å². The molecule has 0 spiro atoms. The lowest BCUT2D eigenvalue weighted by molar-refractivity contribution is 0.0257. The topological polar surface area (TPSA) is 41.5 Å². The van der Waals surface area contributed by atoms with Crippen LogP contribution in [0.15, 0.2) is 54.6 Å². The van der Waals surface area contributed by atoms with Crippen molar-refractivity contribution in [1.29, 1.82) is 0 Å². The second kappa shape index (κ2) is 6.61. The molecule has 1 heterocycles. The smallest absolute Gasteiger partial charge is 0.103 e. The first-order valence-electron chi connectivity index (χ1n) is 7.81. The summed E-state index contributed by atoms with van der Waals surface area (Å²) in [5, 5.41) is 14.0. The average Bonchev–Trinajstić information content (AvgIpc) is 2.97. The Morgan fingerprint density at radius 1 is 1.09 bits per heavy atom. The van der Waals surface area contributed by atoms with E-state index in [1.165, 1.54) is 16.7 Å². The van der Waals surface area contributed by atoms with E-state index < -0.39 is 5.60 Å². The quantitative estimate of drug-likeness (QED) is 0.891. The van der Waals surface area contributed by atoms with Crippen LogP contribution in [0.3, 0.4) is 0 Å².